The summed E-state index contributed by atoms with van der Waals surface area (Å²) in [6.07, 6.45) is 2.22. The van der Waals surface area contributed by atoms with Crippen molar-refractivity contribution >= 4 is 38.7 Å². The third-order valence-electron chi connectivity index (χ3n) is 5.54. The first-order valence-electron chi connectivity index (χ1n) is 9.50. The van der Waals surface area contributed by atoms with Gasteiger partial charge >= 0.3 is 0 Å². The molecule has 3 aromatic heterocycles. The molecule has 3 aromatic rings. The number of hydrogen-bond donors (Lipinski definition) is 0. The lowest BCUT2D eigenvalue weighted by Crippen LogP contribution is -2.41. The number of hydrogen-bond acceptors (Lipinski definition) is 7. The minimum atomic E-state index is -0.0628. The van der Waals surface area contributed by atoms with Crippen LogP contribution >= 0.6 is 22.7 Å². The lowest BCUT2D eigenvalue weighted by molar-refractivity contribution is -0.0858. The van der Waals surface area contributed by atoms with Crippen LogP contribution in [0.1, 0.15) is 23.3 Å². The number of nitrogens with zero attached hydrogens (tertiary/aromatic N) is 3. The van der Waals surface area contributed by atoms with Crippen LogP contribution in [0.15, 0.2) is 17.5 Å². The predicted octanol–water partition coefficient (Wildman–Crippen LogP) is 4.63. The van der Waals surface area contributed by atoms with Gasteiger partial charge < -0.3 is 14.4 Å². The second kappa shape index (κ2) is 7.13. The SMILES string of the molecule is Cc1sc2nc(-c3cccs3)nc(N3CCC[C@H](C4OCCO4)C3)c2c1C. The predicted molar refractivity (Wildman–Crippen MR) is 111 cm³/mol. The molecule has 27 heavy (non-hydrogen) atoms. The smallest absolute Gasteiger partial charge is 0.173 e. The minimum absolute atomic E-state index is 0.0628. The molecule has 5 heterocycles. The molecule has 0 saturated carbocycles. The summed E-state index contributed by atoms with van der Waals surface area (Å²) < 4.78 is 11.6. The van der Waals surface area contributed by atoms with E-state index in [2.05, 4.69) is 36.3 Å². The lowest BCUT2D eigenvalue weighted by atomic mass is 9.97. The van der Waals surface area contributed by atoms with Crippen LogP contribution in [0.2, 0.25) is 0 Å². The van der Waals surface area contributed by atoms with Crippen LogP contribution < -0.4 is 4.90 Å². The Morgan fingerprint density at radius 1 is 1.19 bits per heavy atom. The van der Waals surface area contributed by atoms with E-state index >= 15 is 0 Å². The van der Waals surface area contributed by atoms with Crippen molar-refractivity contribution in [3.05, 3.63) is 28.0 Å². The zero-order valence-corrected chi connectivity index (χ0v) is 17.2. The third kappa shape index (κ3) is 3.16. The maximum absolute atomic E-state index is 5.80. The summed E-state index contributed by atoms with van der Waals surface area (Å²) in [6, 6.07) is 4.16. The van der Waals surface area contributed by atoms with Gasteiger partial charge in [0.2, 0.25) is 0 Å². The molecule has 0 spiro atoms. The Labute approximate surface area is 167 Å². The van der Waals surface area contributed by atoms with Crippen molar-refractivity contribution in [2.45, 2.75) is 33.0 Å². The molecular weight excluding hydrogens is 378 g/mol. The Balaban J connectivity index is 1.58. The quantitative estimate of drug-likeness (QED) is 0.641. The van der Waals surface area contributed by atoms with E-state index in [4.69, 9.17) is 19.4 Å². The van der Waals surface area contributed by atoms with Gasteiger partial charge in [0.15, 0.2) is 12.1 Å². The molecule has 2 aliphatic rings. The molecule has 0 aromatic carbocycles. The minimum Gasteiger partial charge on any atom is -0.355 e. The van der Waals surface area contributed by atoms with Crippen molar-refractivity contribution in [1.82, 2.24) is 9.97 Å². The van der Waals surface area contributed by atoms with Crippen molar-refractivity contribution in [3.63, 3.8) is 0 Å². The maximum Gasteiger partial charge on any atom is 0.173 e. The molecule has 0 N–H and O–H groups in total. The third-order valence-corrected chi connectivity index (χ3v) is 7.51. The maximum atomic E-state index is 5.80. The zero-order valence-electron chi connectivity index (χ0n) is 15.6. The summed E-state index contributed by atoms with van der Waals surface area (Å²) in [4.78, 5) is 15.9. The van der Waals surface area contributed by atoms with E-state index < -0.39 is 0 Å². The molecule has 2 aliphatic heterocycles. The first-order valence-corrected chi connectivity index (χ1v) is 11.2. The molecular formula is C20H23N3O2S2. The first-order chi connectivity index (χ1) is 13.2. The number of aromatic nitrogens is 2. The van der Waals surface area contributed by atoms with Gasteiger partial charge in [0.1, 0.15) is 10.6 Å². The summed E-state index contributed by atoms with van der Waals surface area (Å²) in [6.45, 7) is 7.74. The normalized spacial score (nSPS) is 21.4. The van der Waals surface area contributed by atoms with Crippen molar-refractivity contribution in [2.24, 2.45) is 5.92 Å². The van der Waals surface area contributed by atoms with Gasteiger partial charge in [-0.1, -0.05) is 6.07 Å². The van der Waals surface area contributed by atoms with Gasteiger partial charge in [-0.15, -0.1) is 22.7 Å². The summed E-state index contributed by atoms with van der Waals surface area (Å²) in [7, 11) is 0. The van der Waals surface area contributed by atoms with Crippen LogP contribution in [0.5, 0.6) is 0 Å². The van der Waals surface area contributed by atoms with E-state index in [0.717, 1.165) is 47.3 Å². The Kier molecular flexibility index (Phi) is 4.63. The van der Waals surface area contributed by atoms with E-state index in [0.29, 0.717) is 19.1 Å². The molecule has 7 heteroatoms. The molecule has 142 valence electrons. The van der Waals surface area contributed by atoms with Gasteiger partial charge in [0.25, 0.3) is 0 Å². The van der Waals surface area contributed by atoms with Crippen molar-refractivity contribution in [2.75, 3.05) is 31.2 Å². The molecule has 5 rings (SSSR count). The van der Waals surface area contributed by atoms with Crippen molar-refractivity contribution < 1.29 is 9.47 Å². The van der Waals surface area contributed by atoms with Crippen LogP contribution in [0.4, 0.5) is 5.82 Å². The highest BCUT2D eigenvalue weighted by Crippen LogP contribution is 2.39. The standard InChI is InChI=1S/C20H23N3O2S2/c1-12-13(2)27-19-16(12)18(21-17(22-19)15-6-4-10-26-15)23-7-3-5-14(11-23)20-24-8-9-25-20/h4,6,10,14,20H,3,5,7-9,11H2,1-2H3/t14-/m0/s1. The van der Waals surface area contributed by atoms with Crippen molar-refractivity contribution in [1.29, 1.82) is 0 Å². The van der Waals surface area contributed by atoms with Gasteiger partial charge in [-0.2, -0.15) is 0 Å². The Hall–Kier alpha value is -1.54. The van der Waals surface area contributed by atoms with Gasteiger partial charge in [-0.25, -0.2) is 9.97 Å². The first kappa shape index (κ1) is 17.6. The average Bonchev–Trinajstić information content (AvgIpc) is 3.44. The van der Waals surface area contributed by atoms with Crippen LogP contribution in [0.3, 0.4) is 0 Å². The van der Waals surface area contributed by atoms with E-state index in [1.807, 2.05) is 0 Å². The highest BCUT2D eigenvalue weighted by atomic mass is 32.1. The number of anilines is 1. The topological polar surface area (TPSA) is 47.5 Å². The molecule has 0 unspecified atom stereocenters. The summed E-state index contributed by atoms with van der Waals surface area (Å²) in [5.74, 6) is 2.31. The van der Waals surface area contributed by atoms with E-state index in [9.17, 15) is 0 Å². The highest BCUT2D eigenvalue weighted by molar-refractivity contribution is 7.19. The van der Waals surface area contributed by atoms with Gasteiger partial charge in [0.05, 0.1) is 23.5 Å². The number of fused-ring (bicyclic) bond motifs is 1. The molecule has 2 fully saturated rings. The fourth-order valence-corrected chi connectivity index (χ4v) is 5.73. The van der Waals surface area contributed by atoms with Gasteiger partial charge in [-0.3, -0.25) is 0 Å². The molecule has 5 nitrogen and oxygen atoms in total. The largest absolute Gasteiger partial charge is 0.355 e. The zero-order chi connectivity index (χ0) is 18.4. The molecule has 0 radical (unpaired) electrons. The second-order valence-electron chi connectivity index (χ2n) is 7.27. The fourth-order valence-electron chi connectivity index (χ4n) is 4.05. The van der Waals surface area contributed by atoms with Crippen LogP contribution in [0.25, 0.3) is 20.9 Å². The molecule has 0 amide bonds. The van der Waals surface area contributed by atoms with Crippen LogP contribution in [0, 0.1) is 19.8 Å². The average molecular weight is 402 g/mol. The summed E-state index contributed by atoms with van der Waals surface area (Å²) >= 11 is 3.46. The Morgan fingerprint density at radius 3 is 2.81 bits per heavy atom. The van der Waals surface area contributed by atoms with Gasteiger partial charge in [-0.05, 0) is 43.7 Å². The summed E-state index contributed by atoms with van der Waals surface area (Å²) in [5.41, 5.74) is 1.30. The van der Waals surface area contributed by atoms with Gasteiger partial charge in [0, 0.05) is 23.9 Å². The van der Waals surface area contributed by atoms with Crippen LogP contribution in [-0.4, -0.2) is 42.6 Å². The number of piperidine rings is 1. The lowest BCUT2D eigenvalue weighted by Gasteiger charge is -2.35. The Bertz CT molecular complexity index is 948. The number of aryl methyl sites for hydroxylation is 2. The van der Waals surface area contributed by atoms with E-state index in [1.54, 1.807) is 22.7 Å². The number of rotatable bonds is 3. The van der Waals surface area contributed by atoms with E-state index in [-0.39, 0.29) is 6.29 Å². The van der Waals surface area contributed by atoms with Crippen LogP contribution in [-0.2, 0) is 9.47 Å². The van der Waals surface area contributed by atoms with Crippen molar-refractivity contribution in [3.8, 4) is 10.7 Å². The molecule has 0 bridgehead atoms. The summed E-state index contributed by atoms with van der Waals surface area (Å²) in [5, 5.41) is 3.30. The number of ether oxygens (including phenoxy) is 2. The Morgan fingerprint density at radius 2 is 2.04 bits per heavy atom. The van der Waals surface area contributed by atoms with E-state index in [1.165, 1.54) is 15.8 Å². The second-order valence-corrected chi connectivity index (χ2v) is 9.42. The highest BCUT2D eigenvalue weighted by Gasteiger charge is 2.33. The molecule has 1 atom stereocenters. The monoisotopic (exact) mass is 401 g/mol. The number of thiophene rings is 2. The fraction of sp³-hybridized carbons (Fsp3) is 0.500. The molecule has 0 aliphatic carbocycles. The molecule has 2 saturated heterocycles.